The quantitative estimate of drug-likeness (QED) is 0.667. The largest absolute Gasteiger partial charge is 0.458 e. The van der Waals surface area contributed by atoms with Gasteiger partial charge in [0.1, 0.15) is 11.9 Å². The maximum atomic E-state index is 14.8. The molecule has 1 aliphatic heterocycles. The second-order valence-corrected chi connectivity index (χ2v) is 7.01. The molecule has 0 saturated carbocycles. The Hall–Kier alpha value is -4.45. The second-order valence-electron chi connectivity index (χ2n) is 7.01. The van der Waals surface area contributed by atoms with Crippen LogP contribution in [-0.4, -0.2) is 22.7 Å². The Kier molecular flexibility index (Phi) is 5.68. The smallest absolute Gasteiger partial charge is 0.419 e. The second kappa shape index (κ2) is 8.73. The number of ether oxygens (including phenoxy) is 1. The summed E-state index contributed by atoms with van der Waals surface area (Å²) >= 11 is 0. The molecule has 160 valence electrons. The summed E-state index contributed by atoms with van der Waals surface area (Å²) in [6, 6.07) is 10.7. The van der Waals surface area contributed by atoms with Crippen molar-refractivity contribution in [3.05, 3.63) is 82.6 Å². The zero-order chi connectivity index (χ0) is 22.7. The summed E-state index contributed by atoms with van der Waals surface area (Å²) in [4.78, 5) is 27.8. The first-order valence-electron chi connectivity index (χ1n) is 9.60. The lowest BCUT2D eigenvalue weighted by molar-refractivity contribution is -0.120. The standard InChI is InChI=1S/C23H17FN4O4/c1-28-19-11-15(5-6-20(19)32-23(28)30)14-3-4-16(18(24)10-14)9-17(12-25)27-22(29)21-13-26-7-2-8-31-21/h2-8,10-11,13,17H,9H2,1H3,(H,27,29)/t17-/m0/s1. The van der Waals surface area contributed by atoms with Crippen LogP contribution in [0.2, 0.25) is 0 Å². The van der Waals surface area contributed by atoms with Crippen molar-refractivity contribution in [2.75, 3.05) is 0 Å². The molecule has 8 nitrogen and oxygen atoms in total. The van der Waals surface area contributed by atoms with E-state index in [1.165, 1.54) is 35.4 Å². The predicted octanol–water partition coefficient (Wildman–Crippen LogP) is 2.94. The zero-order valence-corrected chi connectivity index (χ0v) is 16.9. The highest BCUT2D eigenvalue weighted by Crippen LogP contribution is 2.26. The number of fused-ring (bicyclic) bond motifs is 1. The van der Waals surface area contributed by atoms with Crippen molar-refractivity contribution < 1.29 is 18.3 Å². The van der Waals surface area contributed by atoms with Gasteiger partial charge in [0.25, 0.3) is 5.91 Å². The van der Waals surface area contributed by atoms with Crippen molar-refractivity contribution in [3.63, 3.8) is 0 Å². The minimum absolute atomic E-state index is 0.0317. The number of nitriles is 1. The Morgan fingerprint density at radius 2 is 2.06 bits per heavy atom. The van der Waals surface area contributed by atoms with Crippen LogP contribution >= 0.6 is 0 Å². The Morgan fingerprint density at radius 3 is 2.84 bits per heavy atom. The zero-order valence-electron chi connectivity index (χ0n) is 16.9. The summed E-state index contributed by atoms with van der Waals surface area (Å²) in [7, 11) is 1.59. The molecule has 1 aromatic heterocycles. The van der Waals surface area contributed by atoms with Gasteiger partial charge in [0.15, 0.2) is 5.58 Å². The van der Waals surface area contributed by atoms with Crippen molar-refractivity contribution >= 4 is 23.2 Å². The van der Waals surface area contributed by atoms with Crippen LogP contribution in [-0.2, 0) is 23.0 Å². The summed E-state index contributed by atoms with van der Waals surface area (Å²) in [5, 5.41) is 11.9. The lowest BCUT2D eigenvalue weighted by Crippen LogP contribution is -2.36. The van der Waals surface area contributed by atoms with E-state index < -0.39 is 23.5 Å². The van der Waals surface area contributed by atoms with Crippen molar-refractivity contribution in [2.45, 2.75) is 12.5 Å². The topological polar surface area (TPSA) is 110 Å². The Balaban J connectivity index is 1.52. The number of aliphatic imine (C=N–C) groups is 1. The summed E-state index contributed by atoms with van der Waals surface area (Å²) in [5.74, 6) is -1.70. The molecule has 0 fully saturated rings. The van der Waals surface area contributed by atoms with Gasteiger partial charge in [-0.2, -0.15) is 5.26 Å². The Morgan fingerprint density at radius 1 is 1.28 bits per heavy atom. The van der Waals surface area contributed by atoms with Crippen LogP contribution in [0.1, 0.15) is 5.56 Å². The van der Waals surface area contributed by atoms with Crippen LogP contribution < -0.4 is 11.1 Å². The summed E-state index contributed by atoms with van der Waals surface area (Å²) < 4.78 is 26.4. The SMILES string of the molecule is Cn1c(=O)oc2ccc(-c3ccc(C[C@@H](C#N)NC(=O)C4=CN=CC=CO4)c(F)c3)cc21. The van der Waals surface area contributed by atoms with E-state index in [0.29, 0.717) is 22.2 Å². The minimum atomic E-state index is -0.972. The fraction of sp³-hybridized carbons (Fsp3) is 0.130. The molecule has 9 heteroatoms. The van der Waals surface area contributed by atoms with Gasteiger partial charge in [-0.1, -0.05) is 18.2 Å². The number of carbonyl (C=O) groups excluding carboxylic acids is 1. The molecule has 3 aromatic rings. The molecule has 2 aromatic carbocycles. The Labute approximate surface area is 181 Å². The van der Waals surface area contributed by atoms with Gasteiger partial charge in [-0.05, 0) is 41.0 Å². The highest BCUT2D eigenvalue weighted by molar-refractivity contribution is 5.92. The number of allylic oxidation sites excluding steroid dienone is 1. The molecule has 0 saturated heterocycles. The van der Waals surface area contributed by atoms with Crippen LogP contribution in [0.5, 0.6) is 0 Å². The maximum absolute atomic E-state index is 14.8. The fourth-order valence-corrected chi connectivity index (χ4v) is 3.23. The van der Waals surface area contributed by atoms with E-state index in [4.69, 9.17) is 9.15 Å². The van der Waals surface area contributed by atoms with Gasteiger partial charge in [-0.15, -0.1) is 0 Å². The summed E-state index contributed by atoms with van der Waals surface area (Å²) in [5.41, 5.74) is 2.61. The number of aryl methyl sites for hydroxylation is 1. The van der Waals surface area contributed by atoms with Crippen molar-refractivity contribution in [2.24, 2.45) is 12.0 Å². The van der Waals surface area contributed by atoms with Crippen LogP contribution in [0.3, 0.4) is 0 Å². The van der Waals surface area contributed by atoms with Crippen LogP contribution in [0, 0.1) is 17.1 Å². The fourth-order valence-electron chi connectivity index (χ4n) is 3.23. The molecule has 0 spiro atoms. The van der Waals surface area contributed by atoms with E-state index in [2.05, 4.69) is 10.3 Å². The number of aromatic nitrogens is 1. The van der Waals surface area contributed by atoms with Gasteiger partial charge in [0.2, 0.25) is 5.76 Å². The third-order valence-electron chi connectivity index (χ3n) is 4.92. The van der Waals surface area contributed by atoms with Crippen LogP contribution in [0.4, 0.5) is 4.39 Å². The number of halogens is 1. The number of benzene rings is 2. The number of nitrogens with zero attached hydrogens (tertiary/aromatic N) is 3. The van der Waals surface area contributed by atoms with Crippen molar-refractivity contribution in [1.82, 2.24) is 9.88 Å². The molecular formula is C23H17FN4O4. The number of amides is 1. The van der Waals surface area contributed by atoms with E-state index in [1.54, 1.807) is 37.4 Å². The third kappa shape index (κ3) is 4.20. The van der Waals surface area contributed by atoms with E-state index in [-0.39, 0.29) is 17.7 Å². The predicted molar refractivity (Wildman–Crippen MR) is 115 cm³/mol. The number of oxazole rings is 1. The lowest BCUT2D eigenvalue weighted by Gasteiger charge is -2.13. The normalized spacial score (nSPS) is 13.7. The molecule has 1 aliphatic rings. The first-order chi connectivity index (χ1) is 15.5. The average molecular weight is 432 g/mol. The number of hydrogen-bond donors (Lipinski definition) is 1. The van der Waals surface area contributed by atoms with E-state index in [0.717, 1.165) is 0 Å². The highest BCUT2D eigenvalue weighted by atomic mass is 19.1. The van der Waals surface area contributed by atoms with Crippen molar-refractivity contribution in [1.29, 1.82) is 5.26 Å². The van der Waals surface area contributed by atoms with Gasteiger partial charge in [-0.3, -0.25) is 14.4 Å². The summed E-state index contributed by atoms with van der Waals surface area (Å²) in [6.45, 7) is 0. The molecule has 32 heavy (non-hydrogen) atoms. The molecule has 0 unspecified atom stereocenters. The highest BCUT2D eigenvalue weighted by Gasteiger charge is 2.19. The number of rotatable bonds is 5. The maximum Gasteiger partial charge on any atom is 0.419 e. The van der Waals surface area contributed by atoms with Gasteiger partial charge in [0, 0.05) is 19.7 Å². The number of carbonyl (C=O) groups is 1. The molecular weight excluding hydrogens is 415 g/mol. The molecule has 1 amide bonds. The van der Waals surface area contributed by atoms with Gasteiger partial charge in [0.05, 0.1) is 24.0 Å². The molecule has 2 heterocycles. The molecule has 0 bridgehead atoms. The number of hydrogen-bond acceptors (Lipinski definition) is 6. The van der Waals surface area contributed by atoms with Crippen LogP contribution in [0.15, 0.2) is 74.9 Å². The van der Waals surface area contributed by atoms with E-state index in [9.17, 15) is 19.2 Å². The summed E-state index contributed by atoms with van der Waals surface area (Å²) in [6.07, 6.45) is 5.45. The van der Waals surface area contributed by atoms with Gasteiger partial charge >= 0.3 is 5.76 Å². The van der Waals surface area contributed by atoms with E-state index >= 15 is 0 Å². The average Bonchev–Trinajstić information content (AvgIpc) is 2.97. The molecule has 0 radical (unpaired) electrons. The lowest BCUT2D eigenvalue weighted by atomic mass is 10.00. The molecule has 1 atom stereocenters. The molecule has 4 rings (SSSR count). The Bertz CT molecular complexity index is 1390. The third-order valence-corrected chi connectivity index (χ3v) is 4.92. The molecule has 0 aliphatic carbocycles. The van der Waals surface area contributed by atoms with Gasteiger partial charge in [-0.25, -0.2) is 9.18 Å². The minimum Gasteiger partial charge on any atom is -0.458 e. The first kappa shape index (κ1) is 20.8. The first-order valence-corrected chi connectivity index (χ1v) is 9.60. The molecule has 1 N–H and O–H groups in total. The van der Waals surface area contributed by atoms with Gasteiger partial charge < -0.3 is 14.5 Å². The van der Waals surface area contributed by atoms with E-state index in [1.807, 2.05) is 6.07 Å². The monoisotopic (exact) mass is 432 g/mol. The van der Waals surface area contributed by atoms with Crippen molar-refractivity contribution in [3.8, 4) is 17.2 Å². The number of nitrogens with one attached hydrogen (secondary N) is 1. The van der Waals surface area contributed by atoms with Crippen LogP contribution in [0.25, 0.3) is 22.2 Å².